The second-order valence-corrected chi connectivity index (χ2v) is 13.3. The van der Waals surface area contributed by atoms with E-state index in [9.17, 15) is 35.8 Å². The maximum atomic E-state index is 12.3. The van der Waals surface area contributed by atoms with Gasteiger partial charge in [0.25, 0.3) is 0 Å². The molecule has 0 amide bonds. The van der Waals surface area contributed by atoms with Crippen LogP contribution in [0.3, 0.4) is 0 Å². The summed E-state index contributed by atoms with van der Waals surface area (Å²) in [7, 11) is 0. The highest BCUT2D eigenvalue weighted by Gasteiger charge is 2.68. The van der Waals surface area contributed by atoms with Crippen molar-refractivity contribution in [3.63, 3.8) is 0 Å². The fourth-order valence-electron chi connectivity index (χ4n) is 8.44. The van der Waals surface area contributed by atoms with Crippen molar-refractivity contribution >= 4 is 5.71 Å². The molecule has 7 N–H and O–H groups in total. The summed E-state index contributed by atoms with van der Waals surface area (Å²) < 4.78 is 0. The van der Waals surface area contributed by atoms with Gasteiger partial charge in [0.2, 0.25) is 0 Å². The van der Waals surface area contributed by atoms with E-state index in [2.05, 4.69) is 12.1 Å². The lowest BCUT2D eigenvalue weighted by Crippen LogP contribution is -2.62. The number of fused-ring (bicyclic) bond motifs is 5. The third kappa shape index (κ3) is 3.99. The highest BCUT2D eigenvalue weighted by molar-refractivity contribution is 5.99. The molecule has 4 aliphatic carbocycles. The molecule has 0 aliphatic heterocycles. The van der Waals surface area contributed by atoms with Gasteiger partial charge in [0.15, 0.2) is 0 Å². The first kappa shape index (κ1) is 27.0. The highest BCUT2D eigenvalue weighted by atomic mass is 16.4. The Kier molecular flexibility index (Phi) is 6.56. The molecule has 8 nitrogen and oxygen atoms in total. The van der Waals surface area contributed by atoms with E-state index >= 15 is 0 Å². The fraction of sp³-hybridized carbons (Fsp3) is 0.889. The molecule has 35 heavy (non-hydrogen) atoms. The Labute approximate surface area is 208 Å². The number of aliphatic hydroxyl groups is 6. The predicted octanol–water partition coefficient (Wildman–Crippen LogP) is 2.12. The smallest absolute Gasteiger partial charge is 0.0920 e. The van der Waals surface area contributed by atoms with E-state index < -0.39 is 45.9 Å². The standard InChI is InChI=1S/C27H45NO7/c1-23(2,32)9-8-22(31)26(5,33)21-7-11-27(34)16-12-18(28-35)17-13-19(29)20(30)14-24(17,3)15(16)6-10-25(21,27)4/h12,15,17,19-22,29-35H,6-11,13-14H2,1-5H3/t15-,17-,19+,20-,21+,22-,24+,25+,26+,27+/m0/s1. The molecule has 10 atom stereocenters. The number of aliphatic hydroxyl groups excluding tert-OH is 3. The third-order valence-electron chi connectivity index (χ3n) is 10.7. The van der Waals surface area contributed by atoms with Gasteiger partial charge in [-0.1, -0.05) is 19.0 Å². The van der Waals surface area contributed by atoms with E-state index in [0.717, 1.165) is 12.0 Å². The van der Waals surface area contributed by atoms with Crippen molar-refractivity contribution in [2.24, 2.45) is 33.7 Å². The average Bonchev–Trinajstić information content (AvgIpc) is 3.04. The van der Waals surface area contributed by atoms with Crippen LogP contribution in [0.1, 0.15) is 86.0 Å². The van der Waals surface area contributed by atoms with Crippen molar-refractivity contribution in [2.45, 2.75) is 121 Å². The van der Waals surface area contributed by atoms with Crippen LogP contribution in [0.4, 0.5) is 0 Å². The van der Waals surface area contributed by atoms with Gasteiger partial charge in [-0.25, -0.2) is 0 Å². The predicted molar refractivity (Wildman–Crippen MR) is 131 cm³/mol. The normalized spacial score (nSPS) is 47.3. The highest BCUT2D eigenvalue weighted by Crippen LogP contribution is 2.68. The number of allylic oxidation sites excluding steroid dienone is 1. The van der Waals surface area contributed by atoms with E-state index in [1.54, 1.807) is 26.8 Å². The molecule has 0 aromatic heterocycles. The van der Waals surface area contributed by atoms with Gasteiger partial charge in [-0.2, -0.15) is 0 Å². The Balaban J connectivity index is 1.70. The maximum Gasteiger partial charge on any atom is 0.0920 e. The lowest BCUT2D eigenvalue weighted by atomic mass is 9.45. The Morgan fingerprint density at radius 2 is 1.71 bits per heavy atom. The molecule has 4 aliphatic rings. The fourth-order valence-corrected chi connectivity index (χ4v) is 8.44. The SMILES string of the molecule is CC(C)(O)CC[C@H](O)[C@](C)(O)[C@@H]1CC[C@@]2(O)C3=CC(=NO)[C@@H]4C[C@@H](O)[C@@H](O)C[C@]4(C)[C@H]3CC[C@]12C. The summed E-state index contributed by atoms with van der Waals surface area (Å²) in [5, 5.41) is 79.3. The van der Waals surface area contributed by atoms with Crippen LogP contribution in [0, 0.1) is 28.6 Å². The number of nitrogens with zero attached hydrogens (tertiary/aromatic N) is 1. The Bertz CT molecular complexity index is 894. The van der Waals surface area contributed by atoms with Crippen LogP contribution >= 0.6 is 0 Å². The second-order valence-electron chi connectivity index (χ2n) is 13.3. The van der Waals surface area contributed by atoms with Gasteiger partial charge >= 0.3 is 0 Å². The quantitative estimate of drug-likeness (QED) is 0.228. The van der Waals surface area contributed by atoms with Crippen LogP contribution in [-0.2, 0) is 0 Å². The zero-order chi connectivity index (χ0) is 26.2. The molecular weight excluding hydrogens is 450 g/mol. The van der Waals surface area contributed by atoms with Crippen LogP contribution in [0.15, 0.2) is 16.8 Å². The molecule has 8 heteroatoms. The summed E-state index contributed by atoms with van der Waals surface area (Å²) in [6.45, 7) is 9.04. The molecule has 0 bridgehead atoms. The van der Waals surface area contributed by atoms with Crippen molar-refractivity contribution in [3.8, 4) is 0 Å². The van der Waals surface area contributed by atoms with E-state index in [4.69, 9.17) is 0 Å². The van der Waals surface area contributed by atoms with Crippen molar-refractivity contribution in [1.29, 1.82) is 0 Å². The number of hydrogen-bond acceptors (Lipinski definition) is 8. The Morgan fingerprint density at radius 1 is 1.06 bits per heavy atom. The minimum absolute atomic E-state index is 0.0537. The first-order valence-electron chi connectivity index (χ1n) is 13.2. The van der Waals surface area contributed by atoms with Crippen LogP contribution < -0.4 is 0 Å². The molecule has 0 spiro atoms. The van der Waals surface area contributed by atoms with Gasteiger partial charge < -0.3 is 35.8 Å². The summed E-state index contributed by atoms with van der Waals surface area (Å²) >= 11 is 0. The van der Waals surface area contributed by atoms with Gasteiger partial charge in [-0.3, -0.25) is 0 Å². The van der Waals surface area contributed by atoms with Gasteiger partial charge in [-0.05, 0) is 101 Å². The monoisotopic (exact) mass is 495 g/mol. The van der Waals surface area contributed by atoms with Crippen LogP contribution in [0.25, 0.3) is 0 Å². The largest absolute Gasteiger partial charge is 0.411 e. The van der Waals surface area contributed by atoms with Crippen LogP contribution in [-0.4, -0.2) is 76.7 Å². The summed E-state index contributed by atoms with van der Waals surface area (Å²) in [4.78, 5) is 0. The molecule has 0 radical (unpaired) electrons. The van der Waals surface area contributed by atoms with E-state index in [0.29, 0.717) is 44.2 Å². The molecule has 3 saturated carbocycles. The lowest BCUT2D eigenvalue weighted by molar-refractivity contribution is -0.172. The Morgan fingerprint density at radius 3 is 2.31 bits per heavy atom. The molecule has 4 rings (SSSR count). The molecular formula is C27H45NO7. The number of hydrogen-bond donors (Lipinski definition) is 7. The van der Waals surface area contributed by atoms with Crippen LogP contribution in [0.5, 0.6) is 0 Å². The van der Waals surface area contributed by atoms with Crippen molar-refractivity contribution in [3.05, 3.63) is 11.6 Å². The van der Waals surface area contributed by atoms with Gasteiger partial charge in [0, 0.05) is 11.3 Å². The van der Waals surface area contributed by atoms with Crippen molar-refractivity contribution < 1.29 is 35.8 Å². The molecule has 0 unspecified atom stereocenters. The molecule has 200 valence electrons. The molecule has 0 aromatic rings. The van der Waals surface area contributed by atoms with Gasteiger partial charge in [0.05, 0.1) is 40.8 Å². The molecule has 0 aromatic carbocycles. The van der Waals surface area contributed by atoms with Gasteiger partial charge in [0.1, 0.15) is 0 Å². The van der Waals surface area contributed by atoms with Crippen LogP contribution in [0.2, 0.25) is 0 Å². The lowest BCUT2D eigenvalue weighted by Gasteiger charge is -2.61. The van der Waals surface area contributed by atoms with E-state index in [1.807, 2.05) is 6.92 Å². The molecule has 0 heterocycles. The van der Waals surface area contributed by atoms with E-state index in [1.165, 1.54) is 0 Å². The van der Waals surface area contributed by atoms with Gasteiger partial charge in [-0.15, -0.1) is 0 Å². The maximum absolute atomic E-state index is 12.3. The topological polar surface area (TPSA) is 154 Å². The summed E-state index contributed by atoms with van der Waals surface area (Å²) in [6, 6.07) is 0. The van der Waals surface area contributed by atoms with Crippen molar-refractivity contribution in [1.82, 2.24) is 0 Å². The molecule has 0 saturated heterocycles. The summed E-state index contributed by atoms with van der Waals surface area (Å²) in [5.74, 6) is -0.656. The first-order valence-corrected chi connectivity index (χ1v) is 13.2. The second kappa shape index (κ2) is 8.50. The summed E-state index contributed by atoms with van der Waals surface area (Å²) in [6.07, 6.45) is 2.53. The zero-order valence-corrected chi connectivity index (χ0v) is 21.8. The van der Waals surface area contributed by atoms with Crippen molar-refractivity contribution in [2.75, 3.05) is 0 Å². The third-order valence-corrected chi connectivity index (χ3v) is 10.7. The minimum atomic E-state index is -1.46. The van der Waals surface area contributed by atoms with E-state index in [-0.39, 0.29) is 24.2 Å². The Hall–Kier alpha value is -1.03. The first-order chi connectivity index (χ1) is 16.0. The number of rotatable bonds is 5. The molecule has 3 fully saturated rings. The summed E-state index contributed by atoms with van der Waals surface area (Å²) in [5.41, 5.74) is -3.66. The number of oxime groups is 1. The minimum Gasteiger partial charge on any atom is -0.411 e. The zero-order valence-electron chi connectivity index (χ0n) is 21.8. The average molecular weight is 496 g/mol.